The second kappa shape index (κ2) is 10.4. The largest absolute Gasteiger partial charge is 0.512 e. The SMILES string of the molecule is CON=C(C(=O)NC1C(=O)N2C(OC(=O)O)=C(C=Cc3sc(Cl)nc3Cl)CS[C@@H]12)c1csc(N)n1. The number of halogens is 2. The number of ether oxygens (including phenoxy) is 1. The van der Waals surface area contributed by atoms with Crippen molar-refractivity contribution < 1.29 is 29.1 Å². The number of carboxylic acid groups (broad SMARTS) is 1. The Morgan fingerprint density at radius 2 is 2.14 bits per heavy atom. The van der Waals surface area contributed by atoms with E-state index in [2.05, 4.69) is 20.4 Å². The Kier molecular flexibility index (Phi) is 7.51. The molecule has 1 saturated heterocycles. The fraction of sp³-hybridized carbons (Fsp3) is 0.222. The van der Waals surface area contributed by atoms with Crippen molar-refractivity contribution in [3.63, 3.8) is 0 Å². The number of hydrogen-bond donors (Lipinski definition) is 3. The minimum atomic E-state index is -1.59. The number of anilines is 1. The number of carbonyl (C=O) groups is 3. The smallest absolute Gasteiger partial charge is 0.449 e. The number of allylic oxidation sites excluding steroid dienone is 1. The third-order valence-electron chi connectivity index (χ3n) is 4.60. The standard InChI is InChI=1S/C18H14Cl2N6O6S3/c1-31-25-9(7-5-34-17(21)22-7)12(27)23-10-13(28)26-14(32-18(29)30)6(4-33-15(10)26)2-3-8-11(19)24-16(20)35-8/h2-3,5,10,15H,4H2,1H3,(H2,21,22)(H,23,27)(H,29,30)/t10?,15-/m0/s1. The number of thiazole rings is 2. The Hall–Kier alpha value is -2.85. The van der Waals surface area contributed by atoms with Gasteiger partial charge in [-0.1, -0.05) is 34.4 Å². The number of oxime groups is 1. The van der Waals surface area contributed by atoms with E-state index in [1.165, 1.54) is 29.2 Å². The van der Waals surface area contributed by atoms with Crippen LogP contribution in [0.25, 0.3) is 6.08 Å². The number of nitrogens with one attached hydrogen (secondary N) is 1. The van der Waals surface area contributed by atoms with Gasteiger partial charge in [0.2, 0.25) is 5.88 Å². The fourth-order valence-electron chi connectivity index (χ4n) is 3.16. The van der Waals surface area contributed by atoms with Crippen LogP contribution in [-0.4, -0.2) is 67.9 Å². The number of fused-ring (bicyclic) bond motifs is 1. The van der Waals surface area contributed by atoms with Crippen LogP contribution < -0.4 is 11.1 Å². The molecule has 0 aliphatic carbocycles. The first-order chi connectivity index (χ1) is 16.7. The van der Waals surface area contributed by atoms with Crippen molar-refractivity contribution in [3.8, 4) is 0 Å². The highest BCUT2D eigenvalue weighted by atomic mass is 35.5. The van der Waals surface area contributed by atoms with Crippen molar-refractivity contribution in [2.45, 2.75) is 11.4 Å². The van der Waals surface area contributed by atoms with Gasteiger partial charge in [-0.2, -0.15) is 0 Å². The zero-order valence-electron chi connectivity index (χ0n) is 17.4. The number of amides is 2. The number of β-lactam (4-membered cyclic amide) rings is 1. The molecule has 4 heterocycles. The van der Waals surface area contributed by atoms with Gasteiger partial charge >= 0.3 is 6.16 Å². The van der Waals surface area contributed by atoms with Crippen molar-refractivity contribution in [2.24, 2.45) is 5.16 Å². The predicted molar refractivity (Wildman–Crippen MR) is 132 cm³/mol. The number of hydrogen-bond acceptors (Lipinski definition) is 12. The fourth-order valence-corrected chi connectivity index (χ4v) is 6.28. The topological polar surface area (TPSA) is 169 Å². The van der Waals surface area contributed by atoms with Crippen molar-refractivity contribution >= 4 is 92.5 Å². The number of nitrogen functional groups attached to an aromatic ring is 1. The molecular formula is C18H14Cl2N6O6S3. The van der Waals surface area contributed by atoms with Crippen LogP contribution in [0, 0.1) is 0 Å². The lowest BCUT2D eigenvalue weighted by Crippen LogP contribution is -2.70. The van der Waals surface area contributed by atoms with E-state index < -0.39 is 29.4 Å². The number of aromatic nitrogens is 2. The Labute approximate surface area is 219 Å². The number of nitrogens with zero attached hydrogens (tertiary/aromatic N) is 4. The quantitative estimate of drug-likeness (QED) is 0.193. The average Bonchev–Trinajstić information content (AvgIpc) is 3.37. The summed E-state index contributed by atoms with van der Waals surface area (Å²) in [6.07, 6.45) is 1.59. The zero-order chi connectivity index (χ0) is 25.3. The molecule has 35 heavy (non-hydrogen) atoms. The predicted octanol–water partition coefficient (Wildman–Crippen LogP) is 2.86. The zero-order valence-corrected chi connectivity index (χ0v) is 21.4. The van der Waals surface area contributed by atoms with Crippen LogP contribution in [0.3, 0.4) is 0 Å². The third-order valence-corrected chi connectivity index (χ3v) is 8.10. The van der Waals surface area contributed by atoms with E-state index in [4.69, 9.17) is 38.5 Å². The Morgan fingerprint density at radius 3 is 2.74 bits per heavy atom. The molecule has 1 fully saturated rings. The molecule has 2 aliphatic rings. The van der Waals surface area contributed by atoms with Crippen molar-refractivity contribution in [2.75, 3.05) is 18.6 Å². The van der Waals surface area contributed by atoms with Crippen LogP contribution in [0.1, 0.15) is 10.6 Å². The van der Waals surface area contributed by atoms with Gasteiger partial charge in [-0.05, 0) is 6.08 Å². The molecule has 0 radical (unpaired) electrons. The summed E-state index contributed by atoms with van der Waals surface area (Å²) in [5, 5.41) is 16.8. The van der Waals surface area contributed by atoms with Crippen LogP contribution in [0.4, 0.5) is 9.93 Å². The third kappa shape index (κ3) is 5.23. The molecule has 4 rings (SSSR count). The van der Waals surface area contributed by atoms with Crippen molar-refractivity contribution in [3.05, 3.63) is 43.1 Å². The maximum absolute atomic E-state index is 12.9. The van der Waals surface area contributed by atoms with Crippen LogP contribution in [0.5, 0.6) is 0 Å². The molecule has 0 bridgehead atoms. The first kappa shape index (κ1) is 25.2. The number of thioether (sulfide) groups is 1. The van der Waals surface area contributed by atoms with Crippen molar-refractivity contribution in [1.29, 1.82) is 0 Å². The Balaban J connectivity index is 1.55. The monoisotopic (exact) mass is 576 g/mol. The molecule has 2 amide bonds. The van der Waals surface area contributed by atoms with E-state index in [1.807, 2.05) is 0 Å². The summed E-state index contributed by atoms with van der Waals surface area (Å²) in [5.74, 6) is -1.14. The van der Waals surface area contributed by atoms with Gasteiger partial charge in [-0.3, -0.25) is 14.5 Å². The maximum atomic E-state index is 12.9. The van der Waals surface area contributed by atoms with Gasteiger partial charge in [-0.25, -0.2) is 14.8 Å². The lowest BCUT2D eigenvalue weighted by Gasteiger charge is -2.48. The number of nitrogens with two attached hydrogens (primary N) is 1. The van der Waals surface area contributed by atoms with Crippen LogP contribution >= 0.6 is 57.6 Å². The van der Waals surface area contributed by atoms with E-state index in [-0.39, 0.29) is 37.8 Å². The normalized spacial score (nSPS) is 20.0. The summed E-state index contributed by atoms with van der Waals surface area (Å²) < 4.78 is 5.18. The minimum Gasteiger partial charge on any atom is -0.449 e. The highest BCUT2D eigenvalue weighted by molar-refractivity contribution is 8.00. The second-order valence-electron chi connectivity index (χ2n) is 6.71. The van der Waals surface area contributed by atoms with Gasteiger partial charge in [0.05, 0.1) is 4.88 Å². The molecule has 2 aromatic rings. The number of rotatable bonds is 7. The van der Waals surface area contributed by atoms with Crippen LogP contribution in [0.2, 0.25) is 9.62 Å². The van der Waals surface area contributed by atoms with E-state index in [1.54, 1.807) is 12.2 Å². The Bertz CT molecular complexity index is 1290. The molecule has 2 aromatic heterocycles. The maximum Gasteiger partial charge on any atom is 0.512 e. The van der Waals surface area contributed by atoms with Gasteiger partial charge in [0.1, 0.15) is 29.4 Å². The molecule has 1 unspecified atom stereocenters. The highest BCUT2D eigenvalue weighted by Crippen LogP contribution is 2.41. The first-order valence-corrected chi connectivity index (χ1v) is 12.9. The van der Waals surface area contributed by atoms with E-state index in [0.717, 1.165) is 22.7 Å². The van der Waals surface area contributed by atoms with Crippen LogP contribution in [-0.2, 0) is 19.2 Å². The lowest BCUT2D eigenvalue weighted by molar-refractivity contribution is -0.148. The van der Waals surface area contributed by atoms with E-state index in [0.29, 0.717) is 10.5 Å². The van der Waals surface area contributed by atoms with Gasteiger partial charge in [0.25, 0.3) is 11.8 Å². The summed E-state index contributed by atoms with van der Waals surface area (Å²) in [4.78, 5) is 51.5. The summed E-state index contributed by atoms with van der Waals surface area (Å²) >= 11 is 15.4. The summed E-state index contributed by atoms with van der Waals surface area (Å²) in [6.45, 7) is 0. The second-order valence-corrected chi connectivity index (χ2v) is 10.7. The van der Waals surface area contributed by atoms with E-state index in [9.17, 15) is 19.5 Å². The van der Waals surface area contributed by atoms with Gasteiger partial charge in [0, 0.05) is 16.7 Å². The average molecular weight is 577 g/mol. The van der Waals surface area contributed by atoms with Gasteiger partial charge in [-0.15, -0.1) is 34.4 Å². The summed E-state index contributed by atoms with van der Waals surface area (Å²) in [5.41, 5.74) is 6.08. The molecule has 184 valence electrons. The molecular weight excluding hydrogens is 563 g/mol. The molecule has 2 aliphatic heterocycles. The highest BCUT2D eigenvalue weighted by Gasteiger charge is 2.54. The molecule has 0 aromatic carbocycles. The first-order valence-electron chi connectivity index (χ1n) is 9.41. The van der Waals surface area contributed by atoms with Gasteiger partial charge in [0.15, 0.2) is 15.3 Å². The van der Waals surface area contributed by atoms with Gasteiger partial charge < -0.3 is 25.7 Å². The molecule has 0 saturated carbocycles. The lowest BCUT2D eigenvalue weighted by atomic mass is 10.1. The Morgan fingerprint density at radius 1 is 1.37 bits per heavy atom. The minimum absolute atomic E-state index is 0.155. The number of carbonyl (C=O) groups excluding carboxylic acids is 2. The van der Waals surface area contributed by atoms with E-state index >= 15 is 0 Å². The molecule has 4 N–H and O–H groups in total. The summed E-state index contributed by atoms with van der Waals surface area (Å²) in [7, 11) is 1.26. The summed E-state index contributed by atoms with van der Waals surface area (Å²) in [6, 6.07) is -0.960. The van der Waals surface area contributed by atoms with Crippen LogP contribution in [0.15, 0.2) is 28.1 Å². The molecule has 17 heteroatoms. The molecule has 2 atom stereocenters. The van der Waals surface area contributed by atoms with Crippen molar-refractivity contribution in [1.82, 2.24) is 20.2 Å². The molecule has 0 spiro atoms. The molecule has 12 nitrogen and oxygen atoms in total.